The number of amides is 1. The van der Waals surface area contributed by atoms with E-state index in [0.29, 0.717) is 0 Å². The fourth-order valence-corrected chi connectivity index (χ4v) is 3.79. The largest absolute Gasteiger partial charge is 0.333 e. The van der Waals surface area contributed by atoms with Gasteiger partial charge in [-0.25, -0.2) is 0 Å². The summed E-state index contributed by atoms with van der Waals surface area (Å²) >= 11 is 3.24. The molecule has 0 bridgehead atoms. The predicted molar refractivity (Wildman–Crippen MR) is 101 cm³/mol. The average molecular weight is 349 g/mol. The Morgan fingerprint density at radius 3 is 2.48 bits per heavy atom. The second-order valence-electron chi connectivity index (χ2n) is 6.85. The molecule has 0 unspecified atom stereocenters. The van der Waals surface area contributed by atoms with Gasteiger partial charge in [-0.05, 0) is 47.6 Å². The van der Waals surface area contributed by atoms with Crippen LogP contribution in [0.5, 0.6) is 0 Å². The Hall–Kier alpha value is -1.13. The van der Waals surface area contributed by atoms with Crippen molar-refractivity contribution in [1.82, 2.24) is 4.90 Å². The zero-order valence-corrected chi connectivity index (χ0v) is 15.9. The van der Waals surface area contributed by atoms with E-state index in [0.717, 1.165) is 37.2 Å². The highest BCUT2D eigenvalue weighted by atomic mass is 32.1. The molecule has 0 aliphatic heterocycles. The van der Waals surface area contributed by atoms with Crippen molar-refractivity contribution in [2.45, 2.75) is 46.6 Å². The van der Waals surface area contributed by atoms with E-state index in [-0.39, 0.29) is 11.3 Å². The molecular formula is C19H26NOS2. The molecule has 0 aromatic carbocycles. The summed E-state index contributed by atoms with van der Waals surface area (Å²) in [6, 6.07) is 8.01. The van der Waals surface area contributed by atoms with Gasteiger partial charge in [0, 0.05) is 11.4 Å². The van der Waals surface area contributed by atoms with Gasteiger partial charge in [-0.15, -0.1) is 22.7 Å². The summed E-state index contributed by atoms with van der Waals surface area (Å²) in [7, 11) is 0. The number of carbonyl (C=O) groups is 1. The van der Waals surface area contributed by atoms with E-state index in [1.54, 1.807) is 11.3 Å². The highest BCUT2D eigenvalue weighted by Crippen LogP contribution is 2.22. The van der Waals surface area contributed by atoms with Crippen molar-refractivity contribution in [2.75, 3.05) is 6.54 Å². The smallest absolute Gasteiger partial charge is 0.264 e. The van der Waals surface area contributed by atoms with E-state index in [1.165, 1.54) is 16.2 Å². The summed E-state index contributed by atoms with van der Waals surface area (Å²) in [5.41, 5.74) is 0.281. The second kappa shape index (κ2) is 8.65. The fraction of sp³-hybridized carbons (Fsp3) is 0.474. The first-order valence-corrected chi connectivity index (χ1v) is 9.91. The van der Waals surface area contributed by atoms with Gasteiger partial charge in [-0.2, -0.15) is 0 Å². The number of carbonyl (C=O) groups excluding carboxylic acids is 1. The van der Waals surface area contributed by atoms with Crippen molar-refractivity contribution < 1.29 is 4.79 Å². The van der Waals surface area contributed by atoms with Crippen LogP contribution >= 0.6 is 22.7 Å². The van der Waals surface area contributed by atoms with Gasteiger partial charge in [-0.1, -0.05) is 39.3 Å². The van der Waals surface area contributed by atoms with Crippen LogP contribution in [0.4, 0.5) is 0 Å². The summed E-state index contributed by atoms with van der Waals surface area (Å²) in [6.07, 6.45) is 5.67. The van der Waals surface area contributed by atoms with E-state index < -0.39 is 0 Å². The van der Waals surface area contributed by atoms with Crippen LogP contribution in [0, 0.1) is 11.8 Å². The van der Waals surface area contributed by atoms with Crippen LogP contribution in [-0.2, 0) is 6.54 Å². The third-order valence-electron chi connectivity index (χ3n) is 3.58. The highest BCUT2D eigenvalue weighted by Gasteiger charge is 2.17. The number of rotatable bonds is 8. The predicted octanol–water partition coefficient (Wildman–Crippen LogP) is 5.87. The lowest BCUT2D eigenvalue weighted by molar-refractivity contribution is 0.0746. The Morgan fingerprint density at radius 2 is 1.87 bits per heavy atom. The van der Waals surface area contributed by atoms with E-state index in [1.807, 2.05) is 28.5 Å². The van der Waals surface area contributed by atoms with Crippen LogP contribution in [-0.4, -0.2) is 17.4 Å². The molecule has 0 atom stereocenters. The molecule has 2 rings (SSSR count). The van der Waals surface area contributed by atoms with E-state index in [2.05, 4.69) is 38.6 Å². The van der Waals surface area contributed by atoms with Crippen LogP contribution in [0.15, 0.2) is 35.0 Å². The first-order chi connectivity index (χ1) is 11.0. The van der Waals surface area contributed by atoms with Crippen molar-refractivity contribution in [3.63, 3.8) is 0 Å². The van der Waals surface area contributed by atoms with Gasteiger partial charge in [0.05, 0.1) is 11.4 Å². The maximum atomic E-state index is 12.7. The molecule has 4 heteroatoms. The van der Waals surface area contributed by atoms with E-state index in [4.69, 9.17) is 0 Å². The highest BCUT2D eigenvalue weighted by molar-refractivity contribution is 7.12. The standard InChI is InChI=1S/C19H26NOS2/c1-19(2,3)11-5-4-6-12-20(15-16-9-7-13-22-16)18(21)17-10-8-14-23-17/h7-11,13-14H,4-6,12,15H2,1-3H3. The molecule has 0 N–H and O–H groups in total. The maximum absolute atomic E-state index is 12.7. The minimum atomic E-state index is 0.160. The van der Waals surface area contributed by atoms with Crippen LogP contribution < -0.4 is 0 Å². The molecule has 0 aliphatic carbocycles. The number of unbranched alkanes of at least 4 members (excludes halogenated alkanes) is 2. The monoisotopic (exact) mass is 348 g/mol. The van der Waals surface area contributed by atoms with E-state index >= 15 is 0 Å². The van der Waals surface area contributed by atoms with Crippen molar-refractivity contribution in [1.29, 1.82) is 0 Å². The Kier molecular flexibility index (Phi) is 6.85. The minimum Gasteiger partial charge on any atom is -0.333 e. The molecule has 0 saturated heterocycles. The topological polar surface area (TPSA) is 20.3 Å². The molecule has 2 heterocycles. The Balaban J connectivity index is 1.87. The summed E-state index contributed by atoms with van der Waals surface area (Å²) in [4.78, 5) is 16.8. The number of thiophene rings is 2. The second-order valence-corrected chi connectivity index (χ2v) is 8.83. The zero-order valence-electron chi connectivity index (χ0n) is 14.2. The lowest BCUT2D eigenvalue weighted by atomic mass is 9.89. The van der Waals surface area contributed by atoms with Gasteiger partial charge in [0.15, 0.2) is 0 Å². The summed E-state index contributed by atoms with van der Waals surface area (Å²) < 4.78 is 0. The van der Waals surface area contributed by atoms with Crippen molar-refractivity contribution in [3.05, 3.63) is 51.2 Å². The molecule has 0 spiro atoms. The Labute approximate surface area is 148 Å². The van der Waals surface area contributed by atoms with Gasteiger partial charge in [0.2, 0.25) is 0 Å². The van der Waals surface area contributed by atoms with Gasteiger partial charge in [-0.3, -0.25) is 4.79 Å². The summed E-state index contributed by atoms with van der Waals surface area (Å²) in [5.74, 6) is 0.160. The van der Waals surface area contributed by atoms with Crippen LogP contribution in [0.1, 0.15) is 54.6 Å². The SMILES string of the molecule is CC(C)(C)[CH]CCCCN(Cc1cccs1)C(=O)c1cccs1. The summed E-state index contributed by atoms with van der Waals surface area (Å²) in [5, 5.41) is 4.04. The molecular weight excluding hydrogens is 322 g/mol. The van der Waals surface area contributed by atoms with Crippen molar-refractivity contribution in [2.24, 2.45) is 5.41 Å². The normalized spacial score (nSPS) is 11.6. The van der Waals surface area contributed by atoms with Crippen LogP contribution in [0.2, 0.25) is 0 Å². The Morgan fingerprint density at radius 1 is 1.13 bits per heavy atom. The molecule has 23 heavy (non-hydrogen) atoms. The van der Waals surface area contributed by atoms with Gasteiger partial charge in [0.25, 0.3) is 5.91 Å². The first kappa shape index (κ1) is 18.2. The van der Waals surface area contributed by atoms with E-state index in [9.17, 15) is 4.79 Å². The fourth-order valence-electron chi connectivity index (χ4n) is 2.38. The summed E-state index contributed by atoms with van der Waals surface area (Å²) in [6.45, 7) is 8.24. The third kappa shape index (κ3) is 6.48. The molecule has 2 nitrogen and oxygen atoms in total. The minimum absolute atomic E-state index is 0.160. The number of nitrogens with zero attached hydrogens (tertiary/aromatic N) is 1. The van der Waals surface area contributed by atoms with Gasteiger partial charge in [0.1, 0.15) is 0 Å². The molecule has 0 saturated carbocycles. The molecule has 1 radical (unpaired) electrons. The quantitative estimate of drug-likeness (QED) is 0.546. The number of hydrogen-bond acceptors (Lipinski definition) is 3. The molecule has 0 aliphatic rings. The lowest BCUT2D eigenvalue weighted by Gasteiger charge is -2.22. The van der Waals surface area contributed by atoms with Gasteiger partial charge >= 0.3 is 0 Å². The van der Waals surface area contributed by atoms with Gasteiger partial charge < -0.3 is 4.90 Å². The maximum Gasteiger partial charge on any atom is 0.264 e. The van der Waals surface area contributed by atoms with Crippen LogP contribution in [0.25, 0.3) is 0 Å². The first-order valence-electron chi connectivity index (χ1n) is 8.15. The lowest BCUT2D eigenvalue weighted by Crippen LogP contribution is -2.30. The Bertz CT molecular complexity index is 567. The van der Waals surface area contributed by atoms with Crippen molar-refractivity contribution in [3.8, 4) is 0 Å². The van der Waals surface area contributed by atoms with Crippen LogP contribution in [0.3, 0.4) is 0 Å². The number of hydrogen-bond donors (Lipinski definition) is 0. The zero-order chi connectivity index (χ0) is 16.7. The average Bonchev–Trinajstić information content (AvgIpc) is 3.17. The molecule has 2 aromatic rings. The molecule has 1 amide bonds. The third-order valence-corrected chi connectivity index (χ3v) is 5.30. The molecule has 125 valence electrons. The molecule has 0 fully saturated rings. The molecule has 2 aromatic heterocycles. The van der Waals surface area contributed by atoms with Crippen molar-refractivity contribution >= 4 is 28.6 Å².